The molecule has 0 amide bonds. The Morgan fingerprint density at radius 2 is 1.79 bits per heavy atom. The third-order valence-corrected chi connectivity index (χ3v) is 4.53. The Bertz CT molecular complexity index is 820. The van der Waals surface area contributed by atoms with E-state index in [0.717, 1.165) is 36.2 Å². The molecule has 0 N–H and O–H groups in total. The quantitative estimate of drug-likeness (QED) is 0.697. The summed E-state index contributed by atoms with van der Waals surface area (Å²) in [5.41, 5.74) is 4.46. The van der Waals surface area contributed by atoms with E-state index in [1.54, 1.807) is 0 Å². The summed E-state index contributed by atoms with van der Waals surface area (Å²) in [7, 11) is 0. The van der Waals surface area contributed by atoms with Crippen molar-refractivity contribution in [3.63, 3.8) is 0 Å². The molecule has 1 aliphatic rings. The second-order valence-corrected chi connectivity index (χ2v) is 6.25. The molecule has 4 rings (SSSR count). The first-order valence-electron chi connectivity index (χ1n) is 8.83. The van der Waals surface area contributed by atoms with Crippen LogP contribution in [0.1, 0.15) is 26.2 Å². The molecule has 2 aromatic carbocycles. The summed E-state index contributed by atoms with van der Waals surface area (Å²) in [4.78, 5) is 7.31. The van der Waals surface area contributed by atoms with Gasteiger partial charge in [-0.2, -0.15) is 4.98 Å². The van der Waals surface area contributed by atoms with Crippen molar-refractivity contribution < 1.29 is 4.74 Å². The summed E-state index contributed by atoms with van der Waals surface area (Å²) in [5, 5.41) is 0. The Hall–Kier alpha value is -2.49. The van der Waals surface area contributed by atoms with Gasteiger partial charge in [0.2, 0.25) is 0 Å². The number of aromatic nitrogens is 2. The minimum atomic E-state index is 0.676. The van der Waals surface area contributed by atoms with Gasteiger partial charge >= 0.3 is 6.01 Å². The van der Waals surface area contributed by atoms with Crippen molar-refractivity contribution in [1.29, 1.82) is 0 Å². The predicted octanol–water partition coefficient (Wildman–Crippen LogP) is 4.41. The molecule has 1 fully saturated rings. The van der Waals surface area contributed by atoms with Crippen molar-refractivity contribution in [2.24, 2.45) is 0 Å². The van der Waals surface area contributed by atoms with Crippen molar-refractivity contribution in [3.8, 4) is 11.7 Å². The van der Waals surface area contributed by atoms with E-state index in [0.29, 0.717) is 12.6 Å². The van der Waals surface area contributed by atoms with Gasteiger partial charge < -0.3 is 9.64 Å². The number of rotatable bonds is 5. The van der Waals surface area contributed by atoms with Crippen LogP contribution in [0.4, 0.5) is 5.69 Å². The molecule has 124 valence electrons. The number of fused-ring (bicyclic) bond motifs is 1. The van der Waals surface area contributed by atoms with Crippen LogP contribution in [-0.4, -0.2) is 29.2 Å². The Labute approximate surface area is 142 Å². The zero-order chi connectivity index (χ0) is 16.4. The fraction of sp³-hybridized carbons (Fsp3) is 0.350. The van der Waals surface area contributed by atoms with Crippen molar-refractivity contribution in [1.82, 2.24) is 9.55 Å². The van der Waals surface area contributed by atoms with Crippen molar-refractivity contribution in [2.75, 3.05) is 24.6 Å². The fourth-order valence-corrected chi connectivity index (χ4v) is 3.39. The van der Waals surface area contributed by atoms with Crippen LogP contribution in [-0.2, 0) is 0 Å². The Morgan fingerprint density at radius 3 is 2.54 bits per heavy atom. The Balaban J connectivity index is 1.89. The van der Waals surface area contributed by atoms with Gasteiger partial charge in [-0.3, -0.25) is 4.57 Å². The van der Waals surface area contributed by atoms with Gasteiger partial charge in [0.05, 0.1) is 23.5 Å². The highest BCUT2D eigenvalue weighted by molar-refractivity contribution is 5.91. The molecule has 1 saturated heterocycles. The molecule has 24 heavy (non-hydrogen) atoms. The van der Waals surface area contributed by atoms with Crippen LogP contribution >= 0.6 is 0 Å². The summed E-state index contributed by atoms with van der Waals surface area (Å²) >= 11 is 0. The predicted molar refractivity (Wildman–Crippen MR) is 98.3 cm³/mol. The lowest BCUT2D eigenvalue weighted by atomic mass is 10.2. The highest BCUT2D eigenvalue weighted by Crippen LogP contribution is 2.33. The molecule has 2 heterocycles. The molecule has 0 aliphatic carbocycles. The number of nitrogens with zero attached hydrogens (tertiary/aromatic N) is 3. The monoisotopic (exact) mass is 321 g/mol. The zero-order valence-electron chi connectivity index (χ0n) is 14.1. The van der Waals surface area contributed by atoms with Crippen molar-refractivity contribution in [2.45, 2.75) is 26.2 Å². The smallest absolute Gasteiger partial charge is 0.302 e. The minimum Gasteiger partial charge on any atom is -0.464 e. The van der Waals surface area contributed by atoms with Crippen molar-refractivity contribution >= 4 is 16.7 Å². The summed E-state index contributed by atoms with van der Waals surface area (Å²) in [6.07, 6.45) is 3.49. The maximum absolute atomic E-state index is 5.98. The maximum atomic E-state index is 5.98. The summed E-state index contributed by atoms with van der Waals surface area (Å²) in [6.45, 7) is 5.02. The molecule has 4 nitrogen and oxygen atoms in total. The Kier molecular flexibility index (Phi) is 4.11. The number of para-hydroxylation sites is 2. The second kappa shape index (κ2) is 6.56. The summed E-state index contributed by atoms with van der Waals surface area (Å²) in [5.74, 6) is 0. The second-order valence-electron chi connectivity index (χ2n) is 6.25. The van der Waals surface area contributed by atoms with E-state index < -0.39 is 0 Å². The van der Waals surface area contributed by atoms with Crippen LogP contribution in [0, 0.1) is 0 Å². The third kappa shape index (κ3) is 2.62. The van der Waals surface area contributed by atoms with Crippen molar-refractivity contribution in [3.05, 3.63) is 48.5 Å². The molecule has 1 aromatic heterocycles. The SMILES string of the molecule is CCCOc1nc2c(N3CCCC3)cccc2n1-c1ccccc1. The number of ether oxygens (including phenoxy) is 1. The first-order chi connectivity index (χ1) is 11.9. The average molecular weight is 321 g/mol. The van der Waals surface area contributed by atoms with E-state index in [1.165, 1.54) is 18.5 Å². The van der Waals surface area contributed by atoms with Gasteiger partial charge in [0.15, 0.2) is 0 Å². The normalized spacial score (nSPS) is 14.5. The average Bonchev–Trinajstić information content (AvgIpc) is 3.28. The van der Waals surface area contributed by atoms with Crippen LogP contribution < -0.4 is 9.64 Å². The van der Waals surface area contributed by atoms with E-state index in [2.05, 4.69) is 58.9 Å². The fourth-order valence-electron chi connectivity index (χ4n) is 3.39. The van der Waals surface area contributed by atoms with Crippen LogP contribution in [0.25, 0.3) is 16.7 Å². The first kappa shape index (κ1) is 15.1. The molecule has 1 aliphatic heterocycles. The van der Waals surface area contributed by atoms with E-state index in [4.69, 9.17) is 9.72 Å². The Morgan fingerprint density at radius 1 is 1.00 bits per heavy atom. The molecule has 0 radical (unpaired) electrons. The number of hydrogen-bond acceptors (Lipinski definition) is 3. The largest absolute Gasteiger partial charge is 0.464 e. The molecule has 0 bridgehead atoms. The molecule has 0 atom stereocenters. The lowest BCUT2D eigenvalue weighted by Crippen LogP contribution is -2.17. The van der Waals surface area contributed by atoms with Gasteiger partial charge in [-0.1, -0.05) is 31.2 Å². The van der Waals surface area contributed by atoms with Gasteiger partial charge in [0, 0.05) is 13.1 Å². The number of imidazole rings is 1. The van der Waals surface area contributed by atoms with Crippen LogP contribution in [0.5, 0.6) is 6.01 Å². The van der Waals surface area contributed by atoms with Crippen LogP contribution in [0.2, 0.25) is 0 Å². The van der Waals surface area contributed by atoms with E-state index in [1.807, 2.05) is 6.07 Å². The zero-order valence-corrected chi connectivity index (χ0v) is 14.1. The lowest BCUT2D eigenvalue weighted by molar-refractivity contribution is 0.289. The van der Waals surface area contributed by atoms with Gasteiger partial charge in [0.25, 0.3) is 0 Å². The number of benzene rings is 2. The topological polar surface area (TPSA) is 30.3 Å². The van der Waals surface area contributed by atoms with E-state index in [9.17, 15) is 0 Å². The highest BCUT2D eigenvalue weighted by Gasteiger charge is 2.20. The van der Waals surface area contributed by atoms with Gasteiger partial charge in [-0.05, 0) is 43.5 Å². The maximum Gasteiger partial charge on any atom is 0.302 e. The summed E-state index contributed by atoms with van der Waals surface area (Å²) < 4.78 is 8.11. The molecular formula is C20H23N3O. The molecule has 0 unspecified atom stereocenters. The molecule has 0 saturated carbocycles. The lowest BCUT2D eigenvalue weighted by Gasteiger charge is -2.17. The number of anilines is 1. The molecule has 0 spiro atoms. The summed E-state index contributed by atoms with van der Waals surface area (Å²) in [6, 6.07) is 17.5. The third-order valence-electron chi connectivity index (χ3n) is 4.53. The molecule has 4 heteroatoms. The van der Waals surface area contributed by atoms with Gasteiger partial charge in [0.1, 0.15) is 5.52 Å². The van der Waals surface area contributed by atoms with Gasteiger partial charge in [-0.15, -0.1) is 0 Å². The standard InChI is InChI=1S/C20H23N3O/c1-2-15-24-20-21-19-17(22-13-6-7-14-22)11-8-12-18(19)23(20)16-9-4-3-5-10-16/h3-5,8-12H,2,6-7,13-15H2,1H3. The van der Waals surface area contributed by atoms with Crippen LogP contribution in [0.3, 0.4) is 0 Å². The van der Waals surface area contributed by atoms with Crippen LogP contribution in [0.15, 0.2) is 48.5 Å². The van der Waals surface area contributed by atoms with E-state index in [-0.39, 0.29) is 0 Å². The van der Waals surface area contributed by atoms with E-state index >= 15 is 0 Å². The first-order valence-corrected chi connectivity index (χ1v) is 8.83. The highest BCUT2D eigenvalue weighted by atomic mass is 16.5. The minimum absolute atomic E-state index is 0.676. The van der Waals surface area contributed by atoms with Gasteiger partial charge in [-0.25, -0.2) is 0 Å². The molecular weight excluding hydrogens is 298 g/mol. The molecule has 3 aromatic rings. The number of hydrogen-bond donors (Lipinski definition) is 0.